The van der Waals surface area contributed by atoms with Crippen molar-refractivity contribution in [3.63, 3.8) is 0 Å². The van der Waals surface area contributed by atoms with Gasteiger partial charge in [0.15, 0.2) is 0 Å². The quantitative estimate of drug-likeness (QED) is 0.611. The third kappa shape index (κ3) is 4.84. The monoisotopic (exact) mass is 372 g/mol. The number of para-hydroxylation sites is 1. The number of hydrogen-bond donors (Lipinski definition) is 3. The smallest absolute Gasteiger partial charge is 0.254 e. The van der Waals surface area contributed by atoms with Crippen LogP contribution in [0.4, 0.5) is 5.69 Å². The molecule has 0 aliphatic carbocycles. The maximum Gasteiger partial charge on any atom is 0.254 e. The Balaban J connectivity index is 1.40. The van der Waals surface area contributed by atoms with Gasteiger partial charge in [-0.3, -0.25) is 19.2 Å². The largest absolute Gasteiger partial charge is 0.356 e. The van der Waals surface area contributed by atoms with Gasteiger partial charge in [-0.2, -0.15) is 0 Å². The number of benzene rings is 1. The lowest BCUT2D eigenvalue weighted by molar-refractivity contribution is -0.127. The first-order chi connectivity index (χ1) is 13.0. The Kier molecular flexibility index (Phi) is 6.05. The second-order valence-electron chi connectivity index (χ2n) is 6.79. The van der Waals surface area contributed by atoms with E-state index >= 15 is 0 Å². The zero-order valence-corrected chi connectivity index (χ0v) is 15.1. The molecule has 8 heteroatoms. The number of nitrogens with one attached hydrogen (secondary N) is 3. The summed E-state index contributed by atoms with van der Waals surface area (Å²) in [5.74, 6) is -0.651. The van der Waals surface area contributed by atoms with E-state index in [0.29, 0.717) is 37.2 Å². The van der Waals surface area contributed by atoms with E-state index in [1.165, 1.54) is 0 Å². The summed E-state index contributed by atoms with van der Waals surface area (Å²) < 4.78 is 0. The van der Waals surface area contributed by atoms with Crippen LogP contribution in [0.25, 0.3) is 0 Å². The van der Waals surface area contributed by atoms with Crippen LogP contribution in [0, 0.1) is 0 Å². The molecule has 2 aliphatic heterocycles. The Morgan fingerprint density at radius 1 is 1.22 bits per heavy atom. The van der Waals surface area contributed by atoms with Gasteiger partial charge in [-0.05, 0) is 31.4 Å². The summed E-state index contributed by atoms with van der Waals surface area (Å²) in [6.45, 7) is 1.93. The topological polar surface area (TPSA) is 108 Å². The molecule has 4 amide bonds. The second kappa shape index (κ2) is 8.66. The van der Waals surface area contributed by atoms with Gasteiger partial charge in [-0.25, -0.2) is 0 Å². The first-order valence-corrected chi connectivity index (χ1v) is 9.30. The third-order valence-corrected chi connectivity index (χ3v) is 4.81. The van der Waals surface area contributed by atoms with Gasteiger partial charge in [0.05, 0.1) is 11.3 Å². The van der Waals surface area contributed by atoms with Gasteiger partial charge >= 0.3 is 0 Å². The molecule has 1 saturated heterocycles. The standard InChI is InChI=1S/C19H24N4O4/c24-16(20-10-4-12-23-11-3-7-17(23)25)9-8-15-19(27)21-14-6-2-1-5-13(14)18(26)22-15/h1-2,5-6,15H,3-4,7-12H2,(H,20,24)(H,21,27)(H,22,26). The van der Waals surface area contributed by atoms with Gasteiger partial charge in [0.25, 0.3) is 5.91 Å². The van der Waals surface area contributed by atoms with Crippen LogP contribution in [0.2, 0.25) is 0 Å². The van der Waals surface area contributed by atoms with E-state index in [4.69, 9.17) is 0 Å². The van der Waals surface area contributed by atoms with E-state index in [9.17, 15) is 19.2 Å². The van der Waals surface area contributed by atoms with Gasteiger partial charge in [-0.1, -0.05) is 12.1 Å². The number of rotatable bonds is 7. The van der Waals surface area contributed by atoms with Crippen molar-refractivity contribution in [3.8, 4) is 0 Å². The van der Waals surface area contributed by atoms with Crippen molar-refractivity contribution in [2.24, 2.45) is 0 Å². The molecule has 2 aliphatic rings. The van der Waals surface area contributed by atoms with Crippen molar-refractivity contribution in [1.29, 1.82) is 0 Å². The number of fused-ring (bicyclic) bond motifs is 1. The predicted molar refractivity (Wildman–Crippen MR) is 99.0 cm³/mol. The Labute approximate surface area is 157 Å². The van der Waals surface area contributed by atoms with E-state index in [1.807, 2.05) is 4.90 Å². The highest BCUT2D eigenvalue weighted by Crippen LogP contribution is 2.19. The molecule has 144 valence electrons. The minimum atomic E-state index is -0.752. The first kappa shape index (κ1) is 18.9. The van der Waals surface area contributed by atoms with Gasteiger partial charge in [0.2, 0.25) is 17.7 Å². The van der Waals surface area contributed by atoms with Crippen LogP contribution < -0.4 is 16.0 Å². The molecule has 1 fully saturated rings. The van der Waals surface area contributed by atoms with Gasteiger partial charge in [0.1, 0.15) is 6.04 Å². The second-order valence-corrected chi connectivity index (χ2v) is 6.79. The molecular formula is C19H24N4O4. The van der Waals surface area contributed by atoms with Crippen molar-refractivity contribution in [2.45, 2.75) is 38.1 Å². The molecule has 1 aromatic rings. The lowest BCUT2D eigenvalue weighted by Crippen LogP contribution is -2.42. The SMILES string of the molecule is O=C(CCC1NC(=O)c2ccccc2NC1=O)NCCCN1CCCC1=O. The van der Waals surface area contributed by atoms with Crippen LogP contribution in [0.15, 0.2) is 24.3 Å². The molecule has 0 aromatic heterocycles. The molecule has 1 unspecified atom stereocenters. The van der Waals surface area contributed by atoms with Crippen LogP contribution in [0.3, 0.4) is 0 Å². The molecule has 1 aromatic carbocycles. The van der Waals surface area contributed by atoms with Gasteiger partial charge < -0.3 is 20.9 Å². The van der Waals surface area contributed by atoms with Crippen molar-refractivity contribution in [2.75, 3.05) is 25.0 Å². The van der Waals surface area contributed by atoms with E-state index in [2.05, 4.69) is 16.0 Å². The van der Waals surface area contributed by atoms with E-state index in [0.717, 1.165) is 13.0 Å². The van der Waals surface area contributed by atoms with Crippen LogP contribution >= 0.6 is 0 Å². The fourth-order valence-electron chi connectivity index (χ4n) is 3.32. The van der Waals surface area contributed by atoms with Crippen LogP contribution in [0.5, 0.6) is 0 Å². The Morgan fingerprint density at radius 2 is 2.04 bits per heavy atom. The predicted octanol–water partition coefficient (Wildman–Crippen LogP) is 0.646. The lowest BCUT2D eigenvalue weighted by Gasteiger charge is -2.16. The normalized spacial score (nSPS) is 19.2. The zero-order valence-electron chi connectivity index (χ0n) is 15.1. The summed E-state index contributed by atoms with van der Waals surface area (Å²) in [6.07, 6.45) is 2.59. The van der Waals surface area contributed by atoms with E-state index in [-0.39, 0.29) is 36.5 Å². The molecule has 27 heavy (non-hydrogen) atoms. The number of anilines is 1. The van der Waals surface area contributed by atoms with E-state index in [1.54, 1.807) is 24.3 Å². The highest BCUT2D eigenvalue weighted by molar-refractivity contribution is 6.09. The minimum Gasteiger partial charge on any atom is -0.356 e. The summed E-state index contributed by atoms with van der Waals surface area (Å²) in [7, 11) is 0. The maximum atomic E-state index is 12.3. The van der Waals surface area contributed by atoms with Gasteiger partial charge in [0, 0.05) is 32.5 Å². The summed E-state index contributed by atoms with van der Waals surface area (Å²) in [5.41, 5.74) is 0.887. The fraction of sp³-hybridized carbons (Fsp3) is 0.474. The van der Waals surface area contributed by atoms with E-state index < -0.39 is 6.04 Å². The Bertz CT molecular complexity index is 749. The van der Waals surface area contributed by atoms with Crippen molar-refractivity contribution < 1.29 is 19.2 Å². The maximum absolute atomic E-state index is 12.3. The first-order valence-electron chi connectivity index (χ1n) is 9.30. The summed E-state index contributed by atoms with van der Waals surface area (Å²) in [5, 5.41) is 8.20. The van der Waals surface area contributed by atoms with Gasteiger partial charge in [-0.15, -0.1) is 0 Å². The van der Waals surface area contributed by atoms with Crippen molar-refractivity contribution >= 4 is 29.3 Å². The molecule has 2 heterocycles. The summed E-state index contributed by atoms with van der Waals surface area (Å²) >= 11 is 0. The Morgan fingerprint density at radius 3 is 2.81 bits per heavy atom. The summed E-state index contributed by atoms with van der Waals surface area (Å²) in [4.78, 5) is 49.8. The van der Waals surface area contributed by atoms with Crippen molar-refractivity contribution in [1.82, 2.24) is 15.5 Å². The average molecular weight is 372 g/mol. The molecular weight excluding hydrogens is 348 g/mol. The molecule has 0 radical (unpaired) electrons. The lowest BCUT2D eigenvalue weighted by atomic mass is 10.1. The Hall–Kier alpha value is -2.90. The number of nitrogens with zero attached hydrogens (tertiary/aromatic N) is 1. The van der Waals surface area contributed by atoms with Crippen LogP contribution in [-0.4, -0.2) is 54.2 Å². The van der Waals surface area contributed by atoms with Crippen LogP contribution in [0.1, 0.15) is 42.5 Å². The zero-order chi connectivity index (χ0) is 19.2. The average Bonchev–Trinajstić information content (AvgIpc) is 3.01. The number of likely N-dealkylation sites (tertiary alicyclic amines) is 1. The highest BCUT2D eigenvalue weighted by atomic mass is 16.2. The number of amides is 4. The molecule has 0 spiro atoms. The molecule has 3 N–H and O–H groups in total. The third-order valence-electron chi connectivity index (χ3n) is 4.81. The number of carbonyl (C=O) groups excluding carboxylic acids is 4. The molecule has 3 rings (SSSR count). The van der Waals surface area contributed by atoms with Crippen molar-refractivity contribution in [3.05, 3.63) is 29.8 Å². The van der Waals surface area contributed by atoms with Crippen LogP contribution in [-0.2, 0) is 14.4 Å². The number of hydrogen-bond acceptors (Lipinski definition) is 4. The molecule has 0 bridgehead atoms. The molecule has 1 atom stereocenters. The summed E-state index contributed by atoms with van der Waals surface area (Å²) in [6, 6.07) is 6.04. The minimum absolute atomic E-state index is 0.136. The fourth-order valence-corrected chi connectivity index (χ4v) is 3.32. The molecule has 0 saturated carbocycles. The highest BCUT2D eigenvalue weighted by Gasteiger charge is 2.27. The molecule has 8 nitrogen and oxygen atoms in total. The number of carbonyl (C=O) groups is 4.